The minimum atomic E-state index is -3.76. The van der Waals surface area contributed by atoms with Crippen molar-refractivity contribution in [2.24, 2.45) is 7.05 Å². The van der Waals surface area contributed by atoms with E-state index in [1.807, 2.05) is 49.7 Å². The van der Waals surface area contributed by atoms with E-state index in [-0.39, 0.29) is 22.8 Å². The predicted octanol–water partition coefficient (Wildman–Crippen LogP) is 3.82. The average Bonchev–Trinajstić information content (AvgIpc) is 3.09. The highest BCUT2D eigenvalue weighted by molar-refractivity contribution is 7.92. The quantitative estimate of drug-likeness (QED) is 0.407. The average molecular weight is 467 g/mol. The third-order valence-corrected chi connectivity index (χ3v) is 7.98. The zero-order valence-electron chi connectivity index (χ0n) is 18.9. The molecule has 33 heavy (non-hydrogen) atoms. The van der Waals surface area contributed by atoms with Crippen LogP contribution >= 0.6 is 0 Å². The molecule has 0 saturated carbocycles. The maximum Gasteiger partial charge on any atom is 0.338 e. The van der Waals surface area contributed by atoms with E-state index in [2.05, 4.69) is 0 Å². The summed E-state index contributed by atoms with van der Waals surface area (Å²) < 4.78 is 35.0. The standard InChI is InChI=1S/C25H26N2O5S/c1-17-15-22(18(2)26(17)3)24(28)16-32-25(29)20-10-12-21(13-11-20)33(30,31)27-14-6-8-19-7-4-5-9-23(19)27/h4-5,7,9-13,15H,6,8,14,16H2,1-3H3. The fraction of sp³-hybridized carbons (Fsp3) is 0.280. The van der Waals surface area contributed by atoms with Crippen molar-refractivity contribution in [1.82, 2.24) is 4.57 Å². The first-order chi connectivity index (χ1) is 15.7. The van der Waals surface area contributed by atoms with Crippen LogP contribution < -0.4 is 4.31 Å². The zero-order chi connectivity index (χ0) is 23.8. The predicted molar refractivity (Wildman–Crippen MR) is 125 cm³/mol. The summed E-state index contributed by atoms with van der Waals surface area (Å²) in [6.07, 6.45) is 1.59. The van der Waals surface area contributed by atoms with Crippen molar-refractivity contribution >= 4 is 27.5 Å². The Morgan fingerprint density at radius 3 is 2.39 bits per heavy atom. The van der Waals surface area contributed by atoms with Crippen molar-refractivity contribution < 1.29 is 22.7 Å². The molecule has 0 atom stereocenters. The van der Waals surface area contributed by atoms with Crippen LogP contribution in [0.2, 0.25) is 0 Å². The van der Waals surface area contributed by atoms with Crippen molar-refractivity contribution in [3.8, 4) is 0 Å². The Morgan fingerprint density at radius 2 is 1.73 bits per heavy atom. The van der Waals surface area contributed by atoms with Gasteiger partial charge in [-0.25, -0.2) is 13.2 Å². The molecule has 0 spiro atoms. The fourth-order valence-corrected chi connectivity index (χ4v) is 5.61. The van der Waals surface area contributed by atoms with Crippen LogP contribution in [0.4, 0.5) is 5.69 Å². The number of sulfonamides is 1. The van der Waals surface area contributed by atoms with E-state index in [1.54, 1.807) is 6.07 Å². The van der Waals surface area contributed by atoms with Gasteiger partial charge < -0.3 is 9.30 Å². The van der Waals surface area contributed by atoms with Gasteiger partial charge in [0.1, 0.15) is 0 Å². The van der Waals surface area contributed by atoms with Gasteiger partial charge in [0.2, 0.25) is 5.78 Å². The van der Waals surface area contributed by atoms with Gasteiger partial charge in [-0.3, -0.25) is 9.10 Å². The first kappa shape index (κ1) is 22.8. The Kier molecular flexibility index (Phi) is 6.12. The topological polar surface area (TPSA) is 85.7 Å². The molecule has 7 nitrogen and oxygen atoms in total. The van der Waals surface area contributed by atoms with Gasteiger partial charge in [0, 0.05) is 30.5 Å². The molecule has 1 aromatic heterocycles. The number of fused-ring (bicyclic) bond motifs is 1. The Hall–Kier alpha value is -3.39. The number of hydrogen-bond donors (Lipinski definition) is 0. The first-order valence-electron chi connectivity index (χ1n) is 10.7. The number of anilines is 1. The van der Waals surface area contributed by atoms with E-state index < -0.39 is 16.0 Å². The highest BCUT2D eigenvalue weighted by Gasteiger charge is 2.29. The lowest BCUT2D eigenvalue weighted by molar-refractivity contribution is 0.0474. The number of para-hydroxylation sites is 1. The molecule has 0 unspecified atom stereocenters. The second-order valence-electron chi connectivity index (χ2n) is 8.18. The second-order valence-corrected chi connectivity index (χ2v) is 10.0. The first-order valence-corrected chi connectivity index (χ1v) is 12.2. The number of Topliss-reactive ketones (excluding diaryl/α,β-unsaturated/α-hetero) is 1. The number of rotatable bonds is 6. The summed E-state index contributed by atoms with van der Waals surface area (Å²) in [6.45, 7) is 3.76. The largest absolute Gasteiger partial charge is 0.454 e. The molecule has 0 fully saturated rings. The number of ketones is 1. The van der Waals surface area contributed by atoms with E-state index in [0.717, 1.165) is 29.8 Å². The lowest BCUT2D eigenvalue weighted by Crippen LogP contribution is -2.35. The lowest BCUT2D eigenvalue weighted by atomic mass is 10.0. The zero-order valence-corrected chi connectivity index (χ0v) is 19.7. The molecule has 1 aliphatic rings. The van der Waals surface area contributed by atoms with E-state index >= 15 is 0 Å². The molecule has 2 heterocycles. The highest BCUT2D eigenvalue weighted by Crippen LogP contribution is 2.31. The summed E-state index contributed by atoms with van der Waals surface area (Å²) in [5.41, 5.74) is 4.14. The number of carbonyl (C=O) groups excluding carboxylic acids is 2. The van der Waals surface area contributed by atoms with Gasteiger partial charge in [0.15, 0.2) is 6.61 Å². The number of carbonyl (C=O) groups is 2. The summed E-state index contributed by atoms with van der Waals surface area (Å²) in [7, 11) is -1.89. The van der Waals surface area contributed by atoms with E-state index in [0.29, 0.717) is 17.8 Å². The number of hydrogen-bond acceptors (Lipinski definition) is 5. The van der Waals surface area contributed by atoms with Crippen LogP contribution in [0.15, 0.2) is 59.5 Å². The number of aryl methyl sites for hydroxylation is 2. The summed E-state index contributed by atoms with van der Waals surface area (Å²) >= 11 is 0. The van der Waals surface area contributed by atoms with E-state index in [4.69, 9.17) is 4.74 Å². The summed E-state index contributed by atoms with van der Waals surface area (Å²) in [4.78, 5) is 25.0. The third-order valence-electron chi connectivity index (χ3n) is 6.16. The molecular weight excluding hydrogens is 440 g/mol. The molecular formula is C25H26N2O5S. The summed E-state index contributed by atoms with van der Waals surface area (Å²) in [6, 6.07) is 14.9. The smallest absolute Gasteiger partial charge is 0.338 e. The Labute approximate surface area is 193 Å². The van der Waals surface area contributed by atoms with Crippen molar-refractivity contribution in [2.75, 3.05) is 17.5 Å². The minimum Gasteiger partial charge on any atom is -0.454 e. The molecule has 1 aliphatic heterocycles. The number of ether oxygens (including phenoxy) is 1. The third kappa shape index (κ3) is 4.30. The molecule has 0 saturated heterocycles. The molecule has 8 heteroatoms. The summed E-state index contributed by atoms with van der Waals surface area (Å²) in [5.74, 6) is -0.964. The second kappa shape index (κ2) is 8.86. The normalized spacial score (nSPS) is 13.5. The number of esters is 1. The molecule has 172 valence electrons. The van der Waals surface area contributed by atoms with Gasteiger partial charge in [0.05, 0.1) is 16.1 Å². The van der Waals surface area contributed by atoms with Gasteiger partial charge >= 0.3 is 5.97 Å². The fourth-order valence-electron chi connectivity index (χ4n) is 4.07. The van der Waals surface area contributed by atoms with Crippen LogP contribution in [0, 0.1) is 13.8 Å². The van der Waals surface area contributed by atoms with Crippen LogP contribution in [-0.2, 0) is 28.2 Å². The van der Waals surface area contributed by atoms with Crippen LogP contribution in [0.1, 0.15) is 44.1 Å². The van der Waals surface area contributed by atoms with E-state index in [9.17, 15) is 18.0 Å². The van der Waals surface area contributed by atoms with E-state index in [1.165, 1.54) is 28.6 Å². The Balaban J connectivity index is 1.46. The molecule has 0 aliphatic carbocycles. The maximum absolute atomic E-state index is 13.2. The van der Waals surface area contributed by atoms with Crippen LogP contribution in [0.5, 0.6) is 0 Å². The van der Waals surface area contributed by atoms with Crippen molar-refractivity contribution in [3.63, 3.8) is 0 Å². The molecule has 0 bridgehead atoms. The number of aromatic nitrogens is 1. The van der Waals surface area contributed by atoms with Crippen LogP contribution in [0.25, 0.3) is 0 Å². The van der Waals surface area contributed by atoms with Crippen LogP contribution in [0.3, 0.4) is 0 Å². The highest BCUT2D eigenvalue weighted by atomic mass is 32.2. The maximum atomic E-state index is 13.2. The monoisotopic (exact) mass is 466 g/mol. The molecule has 2 aromatic carbocycles. The number of nitrogens with zero attached hydrogens (tertiary/aromatic N) is 2. The molecule has 4 rings (SSSR count). The molecule has 0 N–H and O–H groups in total. The van der Waals surface area contributed by atoms with Gasteiger partial charge in [-0.05, 0) is 68.7 Å². The Morgan fingerprint density at radius 1 is 1.03 bits per heavy atom. The molecule has 0 amide bonds. The summed E-state index contributed by atoms with van der Waals surface area (Å²) in [5, 5.41) is 0. The SMILES string of the molecule is Cc1cc(C(=O)COC(=O)c2ccc(S(=O)(=O)N3CCCc4ccccc43)cc2)c(C)n1C. The van der Waals surface area contributed by atoms with Crippen molar-refractivity contribution in [2.45, 2.75) is 31.6 Å². The molecule has 3 aromatic rings. The Bertz CT molecular complexity index is 1320. The van der Waals surface area contributed by atoms with Crippen molar-refractivity contribution in [1.29, 1.82) is 0 Å². The minimum absolute atomic E-state index is 0.0993. The molecule has 0 radical (unpaired) electrons. The van der Waals surface area contributed by atoms with Crippen LogP contribution in [-0.4, -0.2) is 37.9 Å². The van der Waals surface area contributed by atoms with Crippen molar-refractivity contribution in [3.05, 3.63) is 82.7 Å². The van der Waals surface area contributed by atoms with Gasteiger partial charge in [0.25, 0.3) is 10.0 Å². The van der Waals surface area contributed by atoms with Gasteiger partial charge in [-0.1, -0.05) is 18.2 Å². The lowest BCUT2D eigenvalue weighted by Gasteiger charge is -2.30. The number of benzene rings is 2. The van der Waals surface area contributed by atoms with Gasteiger partial charge in [-0.15, -0.1) is 0 Å². The van der Waals surface area contributed by atoms with Gasteiger partial charge in [-0.2, -0.15) is 0 Å².